The third-order valence-corrected chi connectivity index (χ3v) is 14.6. The fourth-order valence-corrected chi connectivity index (χ4v) is 12.0. The fourth-order valence-electron chi connectivity index (χ4n) is 12.0. The van der Waals surface area contributed by atoms with Crippen LogP contribution in [0.25, 0.3) is 0 Å². The van der Waals surface area contributed by atoms with Crippen molar-refractivity contribution in [3.05, 3.63) is 11.6 Å². The van der Waals surface area contributed by atoms with Crippen molar-refractivity contribution in [2.45, 2.75) is 150 Å². The predicted molar refractivity (Wildman–Crippen MR) is 165 cm³/mol. The van der Waals surface area contributed by atoms with Gasteiger partial charge in [0.15, 0.2) is 12.1 Å². The fraction of sp³-hybridized carbons (Fsp3) is 0.886. The largest absolute Gasteiger partial charge is 0.458 e. The van der Waals surface area contributed by atoms with Gasteiger partial charge in [0.1, 0.15) is 54.4 Å². The number of epoxide rings is 1. The van der Waals surface area contributed by atoms with Crippen molar-refractivity contribution in [3.63, 3.8) is 0 Å². The Kier molecular flexibility index (Phi) is 7.71. The summed E-state index contributed by atoms with van der Waals surface area (Å²) >= 11 is 0. The lowest BCUT2D eigenvalue weighted by atomic mass is 9.41. The molecule has 9 aliphatic rings. The number of carbonyl (C=O) groups excluding carboxylic acids is 2. The van der Waals surface area contributed by atoms with Gasteiger partial charge in [0, 0.05) is 18.4 Å². The minimum absolute atomic E-state index is 0.0347. The van der Waals surface area contributed by atoms with Crippen molar-refractivity contribution in [1.29, 1.82) is 0 Å². The van der Waals surface area contributed by atoms with E-state index in [0.29, 0.717) is 24.8 Å². The number of hydrogen-bond donors (Lipinski definition) is 7. The first kappa shape index (κ1) is 35.1. The monoisotopic (exact) mass is 724 g/mol. The molecule has 16 nitrogen and oxygen atoms in total. The van der Waals surface area contributed by atoms with Crippen LogP contribution in [-0.4, -0.2) is 151 Å². The van der Waals surface area contributed by atoms with Crippen LogP contribution in [0.5, 0.6) is 0 Å². The standard InChI is InChI=1S/C35H48O16/c1-13-6-21(49-29-25(40)24(39)23(38)19(11-36)47-29)35(44)30(46-13)48-17-8-15-9-20-34(51-20)27(31(15,2)10-18(17)50-35)26(41)28(42)32(3)16(4-5-33(32,34)43)14-7-22(37)45-12-14/h7,13,15-21,23-27,29-30,36,38-41,43-44H,4-6,8-12H2,1-3H3/t13-,15-,16+,17-,18-,19+,20+,21-,23+,24-,25+,26+,27-,29-,30+,31+,32+,33-,34+,35+/m1/s1. The molecule has 5 heterocycles. The Labute approximate surface area is 293 Å². The first-order valence-corrected chi connectivity index (χ1v) is 18.2. The smallest absolute Gasteiger partial charge is 0.331 e. The highest BCUT2D eigenvalue weighted by Crippen LogP contribution is 2.77. The van der Waals surface area contributed by atoms with E-state index in [2.05, 4.69) is 0 Å². The Hall–Kier alpha value is -1.64. The number of rotatable bonds is 4. The number of hydrogen-bond acceptors (Lipinski definition) is 16. The molecule has 7 N–H and O–H groups in total. The first-order chi connectivity index (χ1) is 24.0. The van der Waals surface area contributed by atoms with Crippen molar-refractivity contribution in [2.75, 3.05) is 13.2 Å². The van der Waals surface area contributed by atoms with Gasteiger partial charge in [-0.05, 0) is 68.8 Å². The molecule has 4 saturated carbocycles. The Morgan fingerprint density at radius 2 is 1.71 bits per heavy atom. The summed E-state index contributed by atoms with van der Waals surface area (Å²) in [6, 6.07) is 0. The summed E-state index contributed by atoms with van der Waals surface area (Å²) in [7, 11) is 0. The molecule has 0 amide bonds. The molecule has 16 heteroatoms. The molecule has 0 aromatic carbocycles. The Bertz CT molecular complexity index is 1520. The maximum Gasteiger partial charge on any atom is 0.331 e. The first-order valence-electron chi connectivity index (χ1n) is 18.2. The molecule has 0 aromatic rings. The van der Waals surface area contributed by atoms with Gasteiger partial charge in [-0.3, -0.25) is 4.79 Å². The molecular weight excluding hydrogens is 676 g/mol. The number of cyclic esters (lactones) is 1. The second-order valence-electron chi connectivity index (χ2n) is 17.0. The zero-order chi connectivity index (χ0) is 36.2. The Morgan fingerprint density at radius 3 is 2.41 bits per heavy atom. The summed E-state index contributed by atoms with van der Waals surface area (Å²) in [6.45, 7) is 4.78. The number of fused-ring (bicyclic) bond motifs is 5. The van der Waals surface area contributed by atoms with Gasteiger partial charge in [0.2, 0.25) is 12.1 Å². The molecule has 4 aliphatic carbocycles. The number of ketones is 1. The second kappa shape index (κ2) is 11.2. The molecule has 1 spiro atoms. The van der Waals surface area contributed by atoms with Crippen LogP contribution in [0.3, 0.4) is 0 Å². The van der Waals surface area contributed by atoms with Gasteiger partial charge in [0.05, 0.1) is 36.4 Å². The SMILES string of the molecule is C[C@@H]1C[C@@H](O[C@H]2O[C@@H](CO)[C@H](O)[C@@H](O)[C@@H]2O)[C@]2(O)O[C@@H]3C[C@@]4(C)[C@@H](C[C@@H]5O[C@]56[C@@H]4[C@H](O)C(=O)[C@]4(C)[C@H](C5=CC(=O)OC5)CC[C@]64O)C[C@H]3O[C@@H]2O1. The van der Waals surface area contributed by atoms with E-state index in [0.717, 1.165) is 0 Å². The van der Waals surface area contributed by atoms with E-state index in [9.17, 15) is 45.3 Å². The summed E-state index contributed by atoms with van der Waals surface area (Å²) in [5.74, 6) is -4.65. The molecular formula is C35H48O16. The number of ether oxygens (including phenoxy) is 7. The zero-order valence-corrected chi connectivity index (χ0v) is 28.7. The van der Waals surface area contributed by atoms with Crippen molar-refractivity contribution >= 4 is 11.8 Å². The third kappa shape index (κ3) is 4.36. The predicted octanol–water partition coefficient (Wildman–Crippen LogP) is -2.07. The van der Waals surface area contributed by atoms with Gasteiger partial charge in [-0.1, -0.05) is 6.92 Å². The van der Waals surface area contributed by atoms with Crippen LogP contribution in [-0.2, 0) is 42.7 Å². The van der Waals surface area contributed by atoms with Crippen molar-refractivity contribution in [2.24, 2.45) is 28.6 Å². The van der Waals surface area contributed by atoms with Crippen LogP contribution in [0.15, 0.2) is 11.6 Å². The Morgan fingerprint density at radius 1 is 0.941 bits per heavy atom. The molecule has 51 heavy (non-hydrogen) atoms. The maximum atomic E-state index is 14.5. The topological polar surface area (TPSA) is 244 Å². The summed E-state index contributed by atoms with van der Waals surface area (Å²) in [5.41, 5.74) is -4.47. The highest BCUT2D eigenvalue weighted by Gasteiger charge is 2.89. The molecule has 20 atom stereocenters. The minimum Gasteiger partial charge on any atom is -0.458 e. The van der Waals surface area contributed by atoms with Gasteiger partial charge >= 0.3 is 5.97 Å². The average Bonchev–Trinajstić information content (AvgIpc) is 3.52. The van der Waals surface area contributed by atoms with Gasteiger partial charge < -0.3 is 68.9 Å². The van der Waals surface area contributed by atoms with Crippen LogP contribution in [0.2, 0.25) is 0 Å². The van der Waals surface area contributed by atoms with E-state index in [4.69, 9.17) is 33.2 Å². The van der Waals surface area contributed by atoms with Crippen LogP contribution in [0.4, 0.5) is 0 Å². The van der Waals surface area contributed by atoms with Crippen LogP contribution in [0.1, 0.15) is 59.3 Å². The van der Waals surface area contributed by atoms with Gasteiger partial charge in [-0.15, -0.1) is 0 Å². The molecule has 9 rings (SSSR count). The molecule has 0 unspecified atom stereocenters. The van der Waals surface area contributed by atoms with Crippen molar-refractivity contribution in [1.82, 2.24) is 0 Å². The highest BCUT2D eigenvalue weighted by molar-refractivity contribution is 5.94. The van der Waals surface area contributed by atoms with Crippen LogP contribution < -0.4 is 0 Å². The van der Waals surface area contributed by atoms with Crippen LogP contribution in [0, 0.1) is 28.6 Å². The second-order valence-corrected chi connectivity index (χ2v) is 17.0. The number of carbonyl (C=O) groups is 2. The molecule has 284 valence electrons. The van der Waals surface area contributed by atoms with E-state index in [1.54, 1.807) is 13.8 Å². The summed E-state index contributed by atoms with van der Waals surface area (Å²) in [4.78, 5) is 26.5. The van der Waals surface area contributed by atoms with Crippen molar-refractivity contribution < 1.29 is 78.5 Å². The molecule has 5 aliphatic heterocycles. The van der Waals surface area contributed by atoms with Gasteiger partial charge in [0.25, 0.3) is 0 Å². The van der Waals surface area contributed by atoms with Crippen LogP contribution >= 0.6 is 0 Å². The lowest BCUT2D eigenvalue weighted by molar-refractivity contribution is -0.471. The highest BCUT2D eigenvalue weighted by atomic mass is 16.8. The molecule has 0 radical (unpaired) electrons. The molecule has 0 bridgehead atoms. The van der Waals surface area contributed by atoms with E-state index >= 15 is 0 Å². The van der Waals surface area contributed by atoms with Gasteiger partial charge in [-0.2, -0.15) is 0 Å². The molecule has 4 saturated heterocycles. The number of aliphatic hydroxyl groups is 7. The average molecular weight is 725 g/mol. The zero-order valence-electron chi connectivity index (χ0n) is 28.7. The molecule has 8 fully saturated rings. The minimum atomic E-state index is -2.23. The van der Waals surface area contributed by atoms with E-state index < -0.39 is 132 Å². The van der Waals surface area contributed by atoms with Crippen molar-refractivity contribution in [3.8, 4) is 0 Å². The Balaban J connectivity index is 1.01. The lowest BCUT2D eigenvalue weighted by Gasteiger charge is -2.64. The van der Waals surface area contributed by atoms with Gasteiger partial charge in [-0.25, -0.2) is 4.79 Å². The summed E-state index contributed by atoms with van der Waals surface area (Å²) in [5, 5.41) is 78.0. The number of aliphatic hydroxyl groups excluding tert-OH is 5. The normalized spacial score (nSPS) is 60.1. The summed E-state index contributed by atoms with van der Waals surface area (Å²) in [6.07, 6.45) is -10.7. The lowest BCUT2D eigenvalue weighted by Crippen LogP contribution is -2.77. The van der Waals surface area contributed by atoms with E-state index in [1.807, 2.05) is 6.92 Å². The maximum absolute atomic E-state index is 14.5. The quantitative estimate of drug-likeness (QED) is 0.0935. The number of esters is 1. The number of Topliss-reactive ketones (excluding diaryl/α,β-unsaturated/α-hetero) is 1. The third-order valence-electron chi connectivity index (χ3n) is 14.6. The summed E-state index contributed by atoms with van der Waals surface area (Å²) < 4.78 is 42.3. The van der Waals surface area contributed by atoms with E-state index in [1.165, 1.54) is 6.08 Å². The molecule has 0 aromatic heterocycles. The van der Waals surface area contributed by atoms with E-state index in [-0.39, 0.29) is 31.8 Å².